The van der Waals surface area contributed by atoms with E-state index in [4.69, 9.17) is 4.74 Å². The van der Waals surface area contributed by atoms with Gasteiger partial charge in [0.05, 0.1) is 6.54 Å². The van der Waals surface area contributed by atoms with Crippen LogP contribution >= 0.6 is 0 Å². The van der Waals surface area contributed by atoms with Crippen LogP contribution in [0.4, 0.5) is 5.69 Å². The Hall–Kier alpha value is -2.41. The summed E-state index contributed by atoms with van der Waals surface area (Å²) in [6, 6.07) is 15.6. The molecule has 0 saturated carbocycles. The first-order valence-electron chi connectivity index (χ1n) is 10.2. The molecule has 2 aromatic carbocycles. The van der Waals surface area contributed by atoms with Gasteiger partial charge in [-0.1, -0.05) is 35.9 Å². The highest BCUT2D eigenvalue weighted by atomic mass is 16.5. The summed E-state index contributed by atoms with van der Waals surface area (Å²) in [6.07, 6.45) is -0.538. The molecule has 1 fully saturated rings. The van der Waals surface area contributed by atoms with Crippen molar-refractivity contribution in [1.82, 2.24) is 9.80 Å². The van der Waals surface area contributed by atoms with Gasteiger partial charge in [0.2, 0.25) is 5.91 Å². The minimum atomic E-state index is -0.538. The van der Waals surface area contributed by atoms with Gasteiger partial charge in [-0.15, -0.1) is 0 Å². The molecule has 2 aromatic rings. The summed E-state index contributed by atoms with van der Waals surface area (Å²) in [5, 5.41) is 13.3. The average molecular weight is 398 g/mol. The van der Waals surface area contributed by atoms with Crippen molar-refractivity contribution in [2.24, 2.45) is 0 Å². The van der Waals surface area contributed by atoms with Crippen molar-refractivity contribution in [2.75, 3.05) is 51.2 Å². The number of nitrogens with one attached hydrogen (secondary N) is 1. The standard InChI is InChI=1S/C23H31N3O3/c1-18-8-9-22(19(2)14-18)29-17-21(27)15-25-10-12-26(13-11-25)16-23(28)24-20-6-4-3-5-7-20/h3-9,14,21,27H,10-13,15-17H2,1-2H3,(H,24,28). The number of hydrogen-bond donors (Lipinski definition) is 2. The molecule has 156 valence electrons. The average Bonchev–Trinajstić information content (AvgIpc) is 2.69. The highest BCUT2D eigenvalue weighted by Crippen LogP contribution is 2.19. The number of benzene rings is 2. The molecular weight excluding hydrogens is 366 g/mol. The molecule has 3 rings (SSSR count). The number of aryl methyl sites for hydroxylation is 2. The Labute approximate surface area is 173 Å². The number of nitrogens with zero attached hydrogens (tertiary/aromatic N) is 2. The van der Waals surface area contributed by atoms with Crippen LogP contribution < -0.4 is 10.1 Å². The van der Waals surface area contributed by atoms with Crippen molar-refractivity contribution >= 4 is 11.6 Å². The van der Waals surface area contributed by atoms with Gasteiger partial charge < -0.3 is 15.2 Å². The first-order valence-corrected chi connectivity index (χ1v) is 10.2. The Bertz CT molecular complexity index is 789. The molecule has 1 unspecified atom stereocenters. The minimum Gasteiger partial charge on any atom is -0.491 e. The van der Waals surface area contributed by atoms with E-state index in [1.54, 1.807) is 0 Å². The number of amides is 1. The summed E-state index contributed by atoms with van der Waals surface area (Å²) in [5.74, 6) is 0.829. The molecule has 0 aromatic heterocycles. The maximum absolute atomic E-state index is 12.2. The van der Waals surface area contributed by atoms with E-state index >= 15 is 0 Å². The number of aliphatic hydroxyl groups excluding tert-OH is 1. The van der Waals surface area contributed by atoms with Gasteiger partial charge in [0.1, 0.15) is 18.5 Å². The van der Waals surface area contributed by atoms with E-state index in [0.717, 1.165) is 43.2 Å². The van der Waals surface area contributed by atoms with Crippen LogP contribution in [0.5, 0.6) is 5.75 Å². The highest BCUT2D eigenvalue weighted by molar-refractivity contribution is 5.92. The van der Waals surface area contributed by atoms with Crippen molar-refractivity contribution in [2.45, 2.75) is 20.0 Å². The van der Waals surface area contributed by atoms with E-state index in [-0.39, 0.29) is 12.5 Å². The zero-order valence-corrected chi connectivity index (χ0v) is 17.3. The molecule has 0 radical (unpaired) electrons. The number of rotatable bonds is 8. The van der Waals surface area contributed by atoms with E-state index in [0.29, 0.717) is 13.1 Å². The predicted molar refractivity (Wildman–Crippen MR) is 115 cm³/mol. The van der Waals surface area contributed by atoms with Crippen LogP contribution in [0.3, 0.4) is 0 Å². The smallest absolute Gasteiger partial charge is 0.238 e. The summed E-state index contributed by atoms with van der Waals surface area (Å²) in [6.45, 7) is 8.61. The fourth-order valence-corrected chi connectivity index (χ4v) is 3.55. The Kier molecular flexibility index (Phi) is 7.63. The normalized spacial score (nSPS) is 16.4. The Morgan fingerprint density at radius 3 is 2.45 bits per heavy atom. The Morgan fingerprint density at radius 1 is 1.07 bits per heavy atom. The molecule has 1 aliphatic heterocycles. The molecule has 0 aliphatic carbocycles. The molecular formula is C23H31N3O3. The maximum Gasteiger partial charge on any atom is 0.238 e. The SMILES string of the molecule is Cc1ccc(OCC(O)CN2CCN(CC(=O)Nc3ccccc3)CC2)c(C)c1. The first kappa shape index (κ1) is 21.3. The van der Waals surface area contributed by atoms with E-state index in [1.165, 1.54) is 5.56 Å². The Balaban J connectivity index is 1.35. The number of hydrogen-bond acceptors (Lipinski definition) is 5. The molecule has 2 N–H and O–H groups in total. The number of anilines is 1. The molecule has 29 heavy (non-hydrogen) atoms. The lowest BCUT2D eigenvalue weighted by Gasteiger charge is -2.35. The third-order valence-corrected chi connectivity index (χ3v) is 5.12. The third kappa shape index (κ3) is 6.85. The number of piperazine rings is 1. The second-order valence-corrected chi connectivity index (χ2v) is 7.72. The summed E-state index contributed by atoms with van der Waals surface area (Å²) in [7, 11) is 0. The van der Waals surface area contributed by atoms with Crippen LogP contribution in [0.2, 0.25) is 0 Å². The van der Waals surface area contributed by atoms with Crippen molar-refractivity contribution in [1.29, 1.82) is 0 Å². The van der Waals surface area contributed by atoms with Crippen LogP contribution in [0.15, 0.2) is 48.5 Å². The van der Waals surface area contributed by atoms with Gasteiger partial charge in [-0.3, -0.25) is 14.6 Å². The van der Waals surface area contributed by atoms with Crippen molar-refractivity contribution in [3.8, 4) is 5.75 Å². The van der Waals surface area contributed by atoms with Crippen LogP contribution in [-0.4, -0.2) is 72.8 Å². The predicted octanol–water partition coefficient (Wildman–Crippen LogP) is 2.30. The summed E-state index contributed by atoms with van der Waals surface area (Å²) < 4.78 is 5.79. The third-order valence-electron chi connectivity index (χ3n) is 5.12. The summed E-state index contributed by atoms with van der Waals surface area (Å²) in [5.41, 5.74) is 3.10. The lowest BCUT2D eigenvalue weighted by atomic mass is 10.1. The van der Waals surface area contributed by atoms with Crippen molar-refractivity contribution < 1.29 is 14.6 Å². The maximum atomic E-state index is 12.2. The molecule has 0 spiro atoms. The number of ether oxygens (including phenoxy) is 1. The summed E-state index contributed by atoms with van der Waals surface area (Å²) in [4.78, 5) is 16.6. The summed E-state index contributed by atoms with van der Waals surface area (Å²) >= 11 is 0. The number of carbonyl (C=O) groups excluding carboxylic acids is 1. The number of carbonyl (C=O) groups is 1. The second-order valence-electron chi connectivity index (χ2n) is 7.72. The zero-order valence-electron chi connectivity index (χ0n) is 17.3. The molecule has 6 nitrogen and oxygen atoms in total. The van der Waals surface area contributed by atoms with Crippen LogP contribution in [0.1, 0.15) is 11.1 Å². The molecule has 1 amide bonds. The minimum absolute atomic E-state index is 0.00607. The van der Waals surface area contributed by atoms with Crippen molar-refractivity contribution in [3.05, 3.63) is 59.7 Å². The fraction of sp³-hybridized carbons (Fsp3) is 0.435. The van der Waals surface area contributed by atoms with E-state index < -0.39 is 6.10 Å². The number of aliphatic hydroxyl groups is 1. The van der Waals surface area contributed by atoms with Gasteiger partial charge in [0, 0.05) is 38.4 Å². The molecule has 0 bridgehead atoms. The van der Waals surface area contributed by atoms with E-state index in [1.807, 2.05) is 49.4 Å². The van der Waals surface area contributed by atoms with Crippen LogP contribution in [-0.2, 0) is 4.79 Å². The fourth-order valence-electron chi connectivity index (χ4n) is 3.55. The zero-order chi connectivity index (χ0) is 20.6. The van der Waals surface area contributed by atoms with Gasteiger partial charge in [0.15, 0.2) is 0 Å². The van der Waals surface area contributed by atoms with Crippen LogP contribution in [0, 0.1) is 13.8 Å². The molecule has 1 saturated heterocycles. The van der Waals surface area contributed by atoms with Gasteiger partial charge in [-0.25, -0.2) is 0 Å². The largest absolute Gasteiger partial charge is 0.491 e. The highest BCUT2D eigenvalue weighted by Gasteiger charge is 2.21. The van der Waals surface area contributed by atoms with Gasteiger partial charge in [-0.2, -0.15) is 0 Å². The van der Waals surface area contributed by atoms with E-state index in [2.05, 4.69) is 28.1 Å². The quantitative estimate of drug-likeness (QED) is 0.716. The topological polar surface area (TPSA) is 65.0 Å². The van der Waals surface area contributed by atoms with Gasteiger partial charge in [-0.05, 0) is 37.6 Å². The molecule has 1 atom stereocenters. The number of β-amino-alcohol motifs (C(OH)–C–C–N with tert-alkyl or cyclic N) is 1. The second kappa shape index (κ2) is 10.4. The first-order chi connectivity index (χ1) is 14.0. The van der Waals surface area contributed by atoms with Crippen LogP contribution in [0.25, 0.3) is 0 Å². The van der Waals surface area contributed by atoms with Gasteiger partial charge >= 0.3 is 0 Å². The molecule has 1 heterocycles. The van der Waals surface area contributed by atoms with Crippen molar-refractivity contribution in [3.63, 3.8) is 0 Å². The lowest BCUT2D eigenvalue weighted by Crippen LogP contribution is -2.50. The molecule has 1 aliphatic rings. The van der Waals surface area contributed by atoms with Gasteiger partial charge in [0.25, 0.3) is 0 Å². The Morgan fingerprint density at radius 2 is 1.76 bits per heavy atom. The monoisotopic (exact) mass is 397 g/mol. The molecule has 6 heteroatoms. The van der Waals surface area contributed by atoms with E-state index in [9.17, 15) is 9.90 Å². The lowest BCUT2D eigenvalue weighted by molar-refractivity contribution is -0.117. The number of para-hydroxylation sites is 1.